The summed E-state index contributed by atoms with van der Waals surface area (Å²) in [4.78, 5) is 12.9. The lowest BCUT2D eigenvalue weighted by molar-refractivity contribution is -0.122. The van der Waals surface area contributed by atoms with Crippen LogP contribution in [0.4, 0.5) is 0 Å². The van der Waals surface area contributed by atoms with Gasteiger partial charge < -0.3 is 5.32 Å². The van der Waals surface area contributed by atoms with Crippen molar-refractivity contribution in [3.8, 4) is 0 Å². The maximum atomic E-state index is 13.3. The van der Waals surface area contributed by atoms with Crippen LogP contribution in [0.2, 0.25) is 10.0 Å². The van der Waals surface area contributed by atoms with Gasteiger partial charge in [-0.2, -0.15) is 4.31 Å². The lowest BCUT2D eigenvalue weighted by atomic mass is 10.1. The third kappa shape index (κ3) is 6.33. The standard InChI is InChI=1S/C24H24Cl2N2O3S/c1-17-3-5-19(6-4-17)15-28(32(30,31)23-13-11-22(26)12-14-23)16-24(29)27-18(2)20-7-9-21(25)10-8-20/h3-14,18H,15-16H2,1-2H3,(H,27,29)/t18-/m1/s1. The Labute approximate surface area is 199 Å². The lowest BCUT2D eigenvalue weighted by Crippen LogP contribution is -2.41. The predicted molar refractivity (Wildman–Crippen MR) is 128 cm³/mol. The van der Waals surface area contributed by atoms with E-state index >= 15 is 0 Å². The molecule has 0 fully saturated rings. The van der Waals surface area contributed by atoms with E-state index in [4.69, 9.17) is 23.2 Å². The van der Waals surface area contributed by atoms with Crippen molar-refractivity contribution in [3.63, 3.8) is 0 Å². The van der Waals surface area contributed by atoms with Gasteiger partial charge in [0.25, 0.3) is 0 Å². The number of hydrogen-bond acceptors (Lipinski definition) is 3. The topological polar surface area (TPSA) is 66.5 Å². The molecule has 0 bridgehead atoms. The third-order valence-corrected chi connectivity index (χ3v) is 7.31. The van der Waals surface area contributed by atoms with E-state index in [1.807, 2.05) is 50.2 Å². The van der Waals surface area contributed by atoms with Gasteiger partial charge in [0.2, 0.25) is 15.9 Å². The summed E-state index contributed by atoms with van der Waals surface area (Å²) in [6.45, 7) is 3.53. The van der Waals surface area contributed by atoms with E-state index in [1.165, 1.54) is 28.6 Å². The van der Waals surface area contributed by atoms with Gasteiger partial charge in [0.1, 0.15) is 0 Å². The van der Waals surface area contributed by atoms with Gasteiger partial charge in [0.05, 0.1) is 17.5 Å². The molecule has 5 nitrogen and oxygen atoms in total. The second-order valence-electron chi connectivity index (χ2n) is 7.55. The van der Waals surface area contributed by atoms with E-state index in [1.54, 1.807) is 12.1 Å². The smallest absolute Gasteiger partial charge is 0.243 e. The zero-order chi connectivity index (χ0) is 23.3. The van der Waals surface area contributed by atoms with Crippen molar-refractivity contribution in [1.29, 1.82) is 0 Å². The van der Waals surface area contributed by atoms with Crippen molar-refractivity contribution in [2.75, 3.05) is 6.54 Å². The second-order valence-corrected chi connectivity index (χ2v) is 10.4. The number of nitrogens with one attached hydrogen (secondary N) is 1. The monoisotopic (exact) mass is 490 g/mol. The predicted octanol–water partition coefficient (Wildman–Crippen LogP) is 5.37. The highest BCUT2D eigenvalue weighted by atomic mass is 35.5. The van der Waals surface area contributed by atoms with Gasteiger partial charge in [0, 0.05) is 16.6 Å². The lowest BCUT2D eigenvalue weighted by Gasteiger charge is -2.23. The number of halogens is 2. The first-order valence-electron chi connectivity index (χ1n) is 10.0. The van der Waals surface area contributed by atoms with Crippen LogP contribution in [0, 0.1) is 6.92 Å². The molecule has 0 unspecified atom stereocenters. The van der Waals surface area contributed by atoms with E-state index < -0.39 is 15.9 Å². The molecule has 8 heteroatoms. The highest BCUT2D eigenvalue weighted by molar-refractivity contribution is 7.89. The van der Waals surface area contributed by atoms with Crippen molar-refractivity contribution in [1.82, 2.24) is 9.62 Å². The SMILES string of the molecule is Cc1ccc(CN(CC(=O)N[C@H](C)c2ccc(Cl)cc2)S(=O)(=O)c2ccc(Cl)cc2)cc1. The molecule has 0 aliphatic carbocycles. The van der Waals surface area contributed by atoms with Gasteiger partial charge in [-0.3, -0.25) is 4.79 Å². The fourth-order valence-electron chi connectivity index (χ4n) is 3.16. The average Bonchev–Trinajstić information content (AvgIpc) is 2.75. The van der Waals surface area contributed by atoms with Crippen LogP contribution >= 0.6 is 23.2 Å². The van der Waals surface area contributed by atoms with E-state index in [9.17, 15) is 13.2 Å². The van der Waals surface area contributed by atoms with Crippen LogP contribution in [-0.2, 0) is 21.4 Å². The molecule has 0 aromatic heterocycles. The summed E-state index contributed by atoms with van der Waals surface area (Å²) in [5, 5.41) is 3.90. The Morgan fingerprint density at radius 2 is 1.44 bits per heavy atom. The number of rotatable bonds is 8. The molecule has 168 valence electrons. The minimum atomic E-state index is -3.93. The van der Waals surface area contributed by atoms with Crippen molar-refractivity contribution in [3.05, 3.63) is 99.5 Å². The first-order chi connectivity index (χ1) is 15.1. The Morgan fingerprint density at radius 3 is 2.00 bits per heavy atom. The number of amides is 1. The Bertz CT molecular complexity index is 1160. The van der Waals surface area contributed by atoms with Crippen LogP contribution in [-0.4, -0.2) is 25.2 Å². The molecule has 32 heavy (non-hydrogen) atoms. The first kappa shape index (κ1) is 24.3. The van der Waals surface area contributed by atoms with Crippen LogP contribution in [0.25, 0.3) is 0 Å². The Balaban J connectivity index is 1.82. The van der Waals surface area contributed by atoms with E-state index in [0.29, 0.717) is 10.0 Å². The molecule has 3 aromatic rings. The largest absolute Gasteiger partial charge is 0.348 e. The van der Waals surface area contributed by atoms with Crippen molar-refractivity contribution in [2.45, 2.75) is 31.3 Å². The highest BCUT2D eigenvalue weighted by Gasteiger charge is 2.27. The number of carbonyl (C=O) groups excluding carboxylic acids is 1. The van der Waals surface area contributed by atoms with Gasteiger partial charge in [-0.05, 0) is 61.4 Å². The van der Waals surface area contributed by atoms with Crippen molar-refractivity contribution in [2.24, 2.45) is 0 Å². The zero-order valence-electron chi connectivity index (χ0n) is 17.8. The van der Waals surface area contributed by atoms with Gasteiger partial charge in [-0.25, -0.2) is 8.42 Å². The molecule has 0 saturated heterocycles. The number of sulfonamides is 1. The zero-order valence-corrected chi connectivity index (χ0v) is 20.1. The van der Waals surface area contributed by atoms with Crippen LogP contribution in [0.3, 0.4) is 0 Å². The molecule has 0 heterocycles. The van der Waals surface area contributed by atoms with Crippen molar-refractivity contribution >= 4 is 39.1 Å². The minimum Gasteiger partial charge on any atom is -0.348 e. The van der Waals surface area contributed by atoms with Crippen LogP contribution in [0.1, 0.15) is 29.7 Å². The van der Waals surface area contributed by atoms with Crippen LogP contribution in [0.5, 0.6) is 0 Å². The number of benzene rings is 3. The van der Waals surface area contributed by atoms with Crippen LogP contribution in [0.15, 0.2) is 77.7 Å². The summed E-state index contributed by atoms with van der Waals surface area (Å²) >= 11 is 11.8. The minimum absolute atomic E-state index is 0.0635. The maximum absolute atomic E-state index is 13.3. The van der Waals surface area contributed by atoms with E-state index in [-0.39, 0.29) is 24.0 Å². The summed E-state index contributed by atoms with van der Waals surface area (Å²) in [6, 6.07) is 20.3. The maximum Gasteiger partial charge on any atom is 0.243 e. The fraction of sp³-hybridized carbons (Fsp3) is 0.208. The summed E-state index contributed by atoms with van der Waals surface area (Å²) < 4.78 is 27.8. The molecule has 3 rings (SSSR count). The molecule has 0 spiro atoms. The van der Waals surface area contributed by atoms with Gasteiger partial charge in [0.15, 0.2) is 0 Å². The summed E-state index contributed by atoms with van der Waals surface area (Å²) in [5.41, 5.74) is 2.72. The number of hydrogen-bond donors (Lipinski definition) is 1. The molecule has 3 aromatic carbocycles. The normalized spacial score (nSPS) is 12.5. The van der Waals surface area contributed by atoms with E-state index in [0.717, 1.165) is 16.7 Å². The molecule has 1 atom stereocenters. The third-order valence-electron chi connectivity index (χ3n) is 5.00. The Hall–Kier alpha value is -2.38. The molecule has 0 radical (unpaired) electrons. The van der Waals surface area contributed by atoms with Gasteiger partial charge >= 0.3 is 0 Å². The Morgan fingerprint density at radius 1 is 0.906 bits per heavy atom. The molecular weight excluding hydrogens is 467 g/mol. The first-order valence-corrected chi connectivity index (χ1v) is 12.2. The number of aryl methyl sites for hydroxylation is 1. The average molecular weight is 491 g/mol. The number of carbonyl (C=O) groups is 1. The Kier molecular flexibility index (Phi) is 7.96. The summed E-state index contributed by atoms with van der Waals surface area (Å²) in [5.74, 6) is -0.405. The second kappa shape index (κ2) is 10.5. The summed E-state index contributed by atoms with van der Waals surface area (Å²) in [7, 11) is -3.93. The molecule has 1 amide bonds. The highest BCUT2D eigenvalue weighted by Crippen LogP contribution is 2.21. The van der Waals surface area contributed by atoms with Gasteiger partial charge in [-0.1, -0.05) is 65.2 Å². The molecular formula is C24H24Cl2N2O3S. The molecule has 1 N–H and O–H groups in total. The van der Waals surface area contributed by atoms with Gasteiger partial charge in [-0.15, -0.1) is 0 Å². The molecule has 0 aliphatic heterocycles. The fourth-order valence-corrected chi connectivity index (χ4v) is 4.80. The van der Waals surface area contributed by atoms with E-state index in [2.05, 4.69) is 5.32 Å². The van der Waals surface area contributed by atoms with Crippen LogP contribution < -0.4 is 5.32 Å². The summed E-state index contributed by atoms with van der Waals surface area (Å²) in [6.07, 6.45) is 0. The quantitative estimate of drug-likeness (QED) is 0.461. The molecule has 0 aliphatic rings. The number of nitrogens with zero attached hydrogens (tertiary/aromatic N) is 1. The molecule has 0 saturated carbocycles. The van der Waals surface area contributed by atoms with Crippen molar-refractivity contribution < 1.29 is 13.2 Å².